The summed E-state index contributed by atoms with van der Waals surface area (Å²) >= 11 is 8.93. The number of H-pyrrole nitrogens is 1. The number of halogens is 1. The van der Waals surface area contributed by atoms with Crippen molar-refractivity contribution in [3.8, 4) is 11.4 Å². The molecule has 2 N–H and O–H groups in total. The summed E-state index contributed by atoms with van der Waals surface area (Å²) in [5, 5.41) is 3.29. The van der Waals surface area contributed by atoms with Crippen LogP contribution in [-0.2, 0) is 16.2 Å². The molecular formula is C16H20BrN4O2S+. The van der Waals surface area contributed by atoms with Crippen LogP contribution in [0.5, 0.6) is 0 Å². The number of benzene rings is 1. The zero-order valence-corrected chi connectivity index (χ0v) is 15.8. The highest BCUT2D eigenvalue weighted by Gasteiger charge is 2.28. The number of esters is 1. The Hall–Kier alpha value is -1.51. The summed E-state index contributed by atoms with van der Waals surface area (Å²) in [6.07, 6.45) is 1.70. The average Bonchev–Trinajstić information content (AvgIpc) is 2.95. The Morgan fingerprint density at radius 3 is 2.83 bits per heavy atom. The van der Waals surface area contributed by atoms with Gasteiger partial charge in [0, 0.05) is 22.9 Å². The van der Waals surface area contributed by atoms with Crippen LogP contribution in [-0.4, -0.2) is 40.9 Å². The van der Waals surface area contributed by atoms with Crippen molar-refractivity contribution in [3.63, 3.8) is 0 Å². The molecule has 0 amide bonds. The lowest BCUT2D eigenvalue weighted by atomic mass is 9.97. The molecule has 0 spiro atoms. The van der Waals surface area contributed by atoms with Crippen LogP contribution in [0.15, 0.2) is 28.7 Å². The molecule has 0 unspecified atom stereocenters. The zero-order valence-electron chi connectivity index (χ0n) is 13.4. The molecule has 0 radical (unpaired) electrons. The highest BCUT2D eigenvalue weighted by Crippen LogP contribution is 2.24. The van der Waals surface area contributed by atoms with E-state index in [4.69, 9.17) is 17.0 Å². The van der Waals surface area contributed by atoms with Gasteiger partial charge in [0.05, 0.1) is 26.1 Å². The molecule has 3 rings (SSSR count). The van der Waals surface area contributed by atoms with Crippen LogP contribution in [0.4, 0.5) is 0 Å². The van der Waals surface area contributed by atoms with E-state index in [1.54, 1.807) is 0 Å². The number of ether oxygens (including phenoxy) is 1. The van der Waals surface area contributed by atoms with Gasteiger partial charge < -0.3 is 9.64 Å². The topological polar surface area (TPSA) is 64.3 Å². The molecule has 1 saturated heterocycles. The third-order valence-electron chi connectivity index (χ3n) is 4.42. The lowest BCUT2D eigenvalue weighted by Gasteiger charge is -2.27. The fourth-order valence-corrected chi connectivity index (χ4v) is 3.72. The molecule has 1 aromatic heterocycles. The molecule has 2 aromatic rings. The molecule has 0 atom stereocenters. The van der Waals surface area contributed by atoms with Gasteiger partial charge >= 0.3 is 5.97 Å². The first-order valence-corrected chi connectivity index (χ1v) is 9.11. The van der Waals surface area contributed by atoms with Gasteiger partial charge in [0.2, 0.25) is 4.77 Å². The Morgan fingerprint density at radius 1 is 1.46 bits per heavy atom. The van der Waals surface area contributed by atoms with E-state index in [0.29, 0.717) is 4.77 Å². The predicted molar refractivity (Wildman–Crippen MR) is 96.0 cm³/mol. The highest BCUT2D eigenvalue weighted by molar-refractivity contribution is 9.10. The number of hydrogen-bond acceptors (Lipinski definition) is 4. The molecule has 0 saturated carbocycles. The molecule has 6 nitrogen and oxygen atoms in total. The summed E-state index contributed by atoms with van der Waals surface area (Å²) < 4.78 is 8.26. The van der Waals surface area contributed by atoms with E-state index >= 15 is 0 Å². The summed E-state index contributed by atoms with van der Waals surface area (Å²) in [5.74, 6) is 0.698. The van der Waals surface area contributed by atoms with E-state index in [1.165, 1.54) is 12.0 Å². The molecule has 1 aliphatic rings. The predicted octanol–water partition coefficient (Wildman–Crippen LogP) is 1.80. The van der Waals surface area contributed by atoms with E-state index in [9.17, 15) is 4.79 Å². The van der Waals surface area contributed by atoms with Gasteiger partial charge in [-0.25, -0.2) is 4.68 Å². The summed E-state index contributed by atoms with van der Waals surface area (Å²) in [5.41, 5.74) is 0.988. The minimum Gasteiger partial charge on any atom is -0.469 e. The number of quaternary nitrogens is 1. The van der Waals surface area contributed by atoms with Gasteiger partial charge in [-0.3, -0.25) is 9.89 Å². The number of piperidine rings is 1. The molecule has 1 aliphatic heterocycles. The Balaban J connectivity index is 1.68. The molecule has 1 aromatic carbocycles. The van der Waals surface area contributed by atoms with Gasteiger partial charge in [0.25, 0.3) is 0 Å². The first-order valence-electron chi connectivity index (χ1n) is 7.91. The summed E-state index contributed by atoms with van der Waals surface area (Å²) in [6.45, 7) is 2.57. The Bertz CT molecular complexity index is 780. The number of hydrogen-bond donors (Lipinski definition) is 2. The summed E-state index contributed by atoms with van der Waals surface area (Å²) in [4.78, 5) is 17.5. The normalized spacial score (nSPS) is 20.8. The number of rotatable bonds is 4. The second-order valence-electron chi connectivity index (χ2n) is 5.97. The van der Waals surface area contributed by atoms with Gasteiger partial charge in [0.15, 0.2) is 12.5 Å². The van der Waals surface area contributed by atoms with Crippen LogP contribution in [0, 0.1) is 10.7 Å². The van der Waals surface area contributed by atoms with E-state index in [2.05, 4.69) is 26.0 Å². The second-order valence-corrected chi connectivity index (χ2v) is 7.19. The van der Waals surface area contributed by atoms with E-state index in [0.717, 1.165) is 48.5 Å². The van der Waals surface area contributed by atoms with Crippen LogP contribution >= 0.6 is 28.1 Å². The van der Waals surface area contributed by atoms with Crippen molar-refractivity contribution in [1.82, 2.24) is 14.8 Å². The van der Waals surface area contributed by atoms with Gasteiger partial charge in [-0.05, 0) is 18.3 Å². The minimum atomic E-state index is -0.0941. The number of aromatic nitrogens is 3. The minimum absolute atomic E-state index is 0.0318. The molecule has 8 heteroatoms. The number of carbonyl (C=O) groups is 1. The van der Waals surface area contributed by atoms with Crippen molar-refractivity contribution >= 4 is 34.1 Å². The van der Waals surface area contributed by atoms with Gasteiger partial charge in [-0.2, -0.15) is 4.98 Å². The number of aromatic amines is 1. The fraction of sp³-hybridized carbons (Fsp3) is 0.438. The molecular weight excluding hydrogens is 392 g/mol. The van der Waals surface area contributed by atoms with Crippen molar-refractivity contribution < 1.29 is 14.4 Å². The lowest BCUT2D eigenvalue weighted by Crippen LogP contribution is -3.12. The van der Waals surface area contributed by atoms with Crippen LogP contribution in [0.1, 0.15) is 12.8 Å². The molecule has 128 valence electrons. The van der Waals surface area contributed by atoms with E-state index in [1.807, 2.05) is 28.9 Å². The fourth-order valence-electron chi connectivity index (χ4n) is 3.05. The standard InChI is InChI=1S/C16H19BrN4O2S/c1-23-15(22)11-6-8-20(9-7-11)10-21-16(24)18-14(19-21)12-4-2-3-5-13(12)17/h2-5,11H,6-10H2,1H3,(H,18,19,24)/p+1. The monoisotopic (exact) mass is 411 g/mol. The van der Waals surface area contributed by atoms with Crippen LogP contribution in [0.25, 0.3) is 11.4 Å². The Kier molecular flexibility index (Phi) is 5.47. The molecule has 0 aliphatic carbocycles. The van der Waals surface area contributed by atoms with Gasteiger partial charge in [-0.1, -0.05) is 34.1 Å². The smallest absolute Gasteiger partial charge is 0.309 e. The third-order valence-corrected chi connectivity index (χ3v) is 5.42. The van der Waals surface area contributed by atoms with Crippen LogP contribution in [0.3, 0.4) is 0 Å². The van der Waals surface area contributed by atoms with Crippen molar-refractivity contribution in [1.29, 1.82) is 0 Å². The Labute approximate surface area is 153 Å². The van der Waals surface area contributed by atoms with Crippen LogP contribution in [0.2, 0.25) is 0 Å². The number of carbonyl (C=O) groups excluding carboxylic acids is 1. The molecule has 2 heterocycles. The largest absolute Gasteiger partial charge is 0.469 e. The first kappa shape index (κ1) is 17.3. The number of likely N-dealkylation sites (tertiary alicyclic amines) is 1. The zero-order chi connectivity index (χ0) is 17.1. The maximum Gasteiger partial charge on any atom is 0.309 e. The number of methoxy groups -OCH3 is 1. The third kappa shape index (κ3) is 3.76. The second kappa shape index (κ2) is 7.58. The van der Waals surface area contributed by atoms with E-state index < -0.39 is 0 Å². The SMILES string of the molecule is COC(=O)C1CC[NH+](Cn2[nH]c(-c3ccccc3Br)nc2=S)CC1. The average molecular weight is 412 g/mol. The molecule has 0 bridgehead atoms. The van der Waals surface area contributed by atoms with Crippen molar-refractivity contribution in [2.75, 3.05) is 20.2 Å². The number of nitrogens with zero attached hydrogens (tertiary/aromatic N) is 2. The van der Waals surface area contributed by atoms with Crippen LogP contribution < -0.4 is 4.90 Å². The Morgan fingerprint density at radius 2 is 2.17 bits per heavy atom. The molecule has 24 heavy (non-hydrogen) atoms. The summed E-state index contributed by atoms with van der Waals surface area (Å²) in [7, 11) is 1.45. The maximum absolute atomic E-state index is 11.6. The number of nitrogens with one attached hydrogen (secondary N) is 2. The van der Waals surface area contributed by atoms with Gasteiger partial charge in [0.1, 0.15) is 0 Å². The maximum atomic E-state index is 11.6. The quantitative estimate of drug-likeness (QED) is 0.594. The van der Waals surface area contributed by atoms with Gasteiger partial charge in [-0.15, -0.1) is 0 Å². The van der Waals surface area contributed by atoms with Crippen molar-refractivity contribution in [3.05, 3.63) is 33.5 Å². The summed E-state index contributed by atoms with van der Waals surface area (Å²) in [6, 6.07) is 7.92. The van der Waals surface area contributed by atoms with E-state index in [-0.39, 0.29) is 11.9 Å². The van der Waals surface area contributed by atoms with Crippen molar-refractivity contribution in [2.24, 2.45) is 5.92 Å². The lowest BCUT2D eigenvalue weighted by molar-refractivity contribution is -0.929. The molecule has 1 fully saturated rings. The van der Waals surface area contributed by atoms with Crippen molar-refractivity contribution in [2.45, 2.75) is 19.5 Å². The first-order chi connectivity index (χ1) is 11.6. The highest BCUT2D eigenvalue weighted by atomic mass is 79.9.